The first-order valence-corrected chi connectivity index (χ1v) is 6.97. The zero-order valence-corrected chi connectivity index (χ0v) is 11.2. The van der Waals surface area contributed by atoms with Crippen molar-refractivity contribution in [1.29, 1.82) is 0 Å². The molecule has 18 heavy (non-hydrogen) atoms. The smallest absolute Gasteiger partial charge is 0.143 e. The lowest BCUT2D eigenvalue weighted by Crippen LogP contribution is -2.12. The number of methoxy groups -OCH3 is 1. The second kappa shape index (κ2) is 6.53. The van der Waals surface area contributed by atoms with E-state index in [1.807, 2.05) is 18.2 Å². The minimum Gasteiger partial charge on any atom is -0.495 e. The average Bonchev–Trinajstić information content (AvgIpc) is 2.42. The Bertz CT molecular complexity index is 373. The fourth-order valence-corrected chi connectivity index (χ4v) is 2.72. The lowest BCUT2D eigenvalue weighted by atomic mass is 9.87. The fourth-order valence-electron chi connectivity index (χ4n) is 2.72. The van der Waals surface area contributed by atoms with E-state index in [1.54, 1.807) is 7.11 Å². The maximum absolute atomic E-state index is 5.79. The van der Waals surface area contributed by atoms with Crippen LogP contribution in [0.4, 0.5) is 11.4 Å². The zero-order valence-electron chi connectivity index (χ0n) is 11.2. The Kier molecular flexibility index (Phi) is 4.73. The molecule has 0 unspecified atom stereocenters. The molecule has 0 spiro atoms. The van der Waals surface area contributed by atoms with Gasteiger partial charge in [-0.2, -0.15) is 0 Å². The molecule has 0 atom stereocenters. The van der Waals surface area contributed by atoms with E-state index in [4.69, 9.17) is 10.5 Å². The number of nitrogen functional groups attached to an aromatic ring is 1. The molecule has 0 aromatic heterocycles. The van der Waals surface area contributed by atoms with Gasteiger partial charge < -0.3 is 15.8 Å². The minimum absolute atomic E-state index is 0.690. The number of nitrogens with two attached hydrogens (primary N) is 1. The molecule has 0 aliphatic heterocycles. The number of ether oxygens (including phenoxy) is 1. The summed E-state index contributed by atoms with van der Waals surface area (Å²) >= 11 is 0. The molecule has 1 aromatic carbocycles. The molecule has 1 aromatic rings. The largest absolute Gasteiger partial charge is 0.495 e. The van der Waals surface area contributed by atoms with Crippen LogP contribution < -0.4 is 15.8 Å². The second-order valence-electron chi connectivity index (χ2n) is 5.18. The summed E-state index contributed by atoms with van der Waals surface area (Å²) in [6, 6.07) is 5.87. The van der Waals surface area contributed by atoms with Crippen molar-refractivity contribution in [3.8, 4) is 5.75 Å². The summed E-state index contributed by atoms with van der Waals surface area (Å²) in [7, 11) is 1.65. The lowest BCUT2D eigenvalue weighted by Gasteiger charge is -2.21. The van der Waals surface area contributed by atoms with Gasteiger partial charge in [0.05, 0.1) is 12.8 Å². The first-order valence-electron chi connectivity index (χ1n) is 6.97. The number of rotatable bonds is 5. The Hall–Kier alpha value is -1.38. The highest BCUT2D eigenvalue weighted by Gasteiger charge is 2.12. The molecule has 3 heteroatoms. The second-order valence-corrected chi connectivity index (χ2v) is 5.18. The van der Waals surface area contributed by atoms with E-state index in [0.717, 1.165) is 23.9 Å². The van der Waals surface area contributed by atoms with Gasteiger partial charge in [0.25, 0.3) is 0 Å². The van der Waals surface area contributed by atoms with E-state index in [0.29, 0.717) is 5.69 Å². The highest BCUT2D eigenvalue weighted by molar-refractivity contribution is 5.61. The van der Waals surface area contributed by atoms with Gasteiger partial charge in [-0.3, -0.25) is 0 Å². The summed E-state index contributed by atoms with van der Waals surface area (Å²) in [5, 5.41) is 3.46. The van der Waals surface area contributed by atoms with Crippen LogP contribution in [0.5, 0.6) is 5.75 Å². The molecule has 0 radical (unpaired) electrons. The van der Waals surface area contributed by atoms with Gasteiger partial charge in [0, 0.05) is 18.3 Å². The summed E-state index contributed by atoms with van der Waals surface area (Å²) in [6.07, 6.45) is 8.35. The maximum Gasteiger partial charge on any atom is 0.143 e. The summed E-state index contributed by atoms with van der Waals surface area (Å²) < 4.78 is 5.22. The molecule has 1 saturated carbocycles. The molecule has 1 aliphatic carbocycles. The number of nitrogens with one attached hydrogen (secondary N) is 1. The first kappa shape index (κ1) is 13.1. The molecule has 0 heterocycles. The molecular formula is C15H24N2O. The van der Waals surface area contributed by atoms with Crippen LogP contribution in [-0.4, -0.2) is 13.7 Å². The molecule has 0 amide bonds. The van der Waals surface area contributed by atoms with Gasteiger partial charge in [-0.25, -0.2) is 0 Å². The van der Waals surface area contributed by atoms with Gasteiger partial charge in [-0.05, 0) is 24.5 Å². The van der Waals surface area contributed by atoms with Crippen molar-refractivity contribution in [2.75, 3.05) is 24.7 Å². The quantitative estimate of drug-likeness (QED) is 0.782. The molecular weight excluding hydrogens is 224 g/mol. The third-order valence-electron chi connectivity index (χ3n) is 3.84. The van der Waals surface area contributed by atoms with Gasteiger partial charge >= 0.3 is 0 Å². The maximum atomic E-state index is 5.79. The summed E-state index contributed by atoms with van der Waals surface area (Å²) in [5.41, 5.74) is 7.58. The predicted octanol–water partition coefficient (Wildman–Crippen LogP) is 3.66. The predicted molar refractivity (Wildman–Crippen MR) is 77.1 cm³/mol. The van der Waals surface area contributed by atoms with Crippen LogP contribution in [0.25, 0.3) is 0 Å². The number of anilines is 2. The molecule has 3 N–H and O–H groups in total. The lowest BCUT2D eigenvalue weighted by molar-refractivity contribution is 0.345. The van der Waals surface area contributed by atoms with Crippen LogP contribution in [0.15, 0.2) is 18.2 Å². The van der Waals surface area contributed by atoms with Crippen molar-refractivity contribution >= 4 is 11.4 Å². The van der Waals surface area contributed by atoms with Crippen LogP contribution in [0.3, 0.4) is 0 Å². The van der Waals surface area contributed by atoms with Gasteiger partial charge in [-0.1, -0.05) is 32.1 Å². The third-order valence-corrected chi connectivity index (χ3v) is 3.84. The standard InChI is InChI=1S/C15H24N2O/c1-18-15-11-13(7-8-14(15)16)17-10-9-12-5-3-2-4-6-12/h7-8,11-12,17H,2-6,9-10,16H2,1H3. The monoisotopic (exact) mass is 248 g/mol. The van der Waals surface area contributed by atoms with Crippen molar-refractivity contribution in [1.82, 2.24) is 0 Å². The Balaban J connectivity index is 1.79. The fraction of sp³-hybridized carbons (Fsp3) is 0.600. The molecule has 1 aliphatic rings. The van der Waals surface area contributed by atoms with Crippen LogP contribution in [0.1, 0.15) is 38.5 Å². The molecule has 3 nitrogen and oxygen atoms in total. The van der Waals surface area contributed by atoms with E-state index in [2.05, 4.69) is 5.32 Å². The normalized spacial score (nSPS) is 16.5. The molecule has 100 valence electrons. The summed E-state index contributed by atoms with van der Waals surface area (Å²) in [5.74, 6) is 1.67. The van der Waals surface area contributed by atoms with Crippen LogP contribution in [-0.2, 0) is 0 Å². The third kappa shape index (κ3) is 3.56. The molecule has 2 rings (SSSR count). The Morgan fingerprint density at radius 2 is 2.06 bits per heavy atom. The minimum atomic E-state index is 0.690. The Morgan fingerprint density at radius 1 is 1.28 bits per heavy atom. The van der Waals surface area contributed by atoms with E-state index < -0.39 is 0 Å². The number of hydrogen-bond donors (Lipinski definition) is 2. The molecule has 1 fully saturated rings. The van der Waals surface area contributed by atoms with Gasteiger partial charge in [0.2, 0.25) is 0 Å². The van der Waals surface area contributed by atoms with Crippen LogP contribution >= 0.6 is 0 Å². The van der Waals surface area contributed by atoms with E-state index in [9.17, 15) is 0 Å². The van der Waals surface area contributed by atoms with Gasteiger partial charge in [-0.15, -0.1) is 0 Å². The van der Waals surface area contributed by atoms with Crippen molar-refractivity contribution in [3.05, 3.63) is 18.2 Å². The molecule has 0 bridgehead atoms. The zero-order chi connectivity index (χ0) is 12.8. The van der Waals surface area contributed by atoms with Crippen molar-refractivity contribution in [3.63, 3.8) is 0 Å². The van der Waals surface area contributed by atoms with Gasteiger partial charge in [0.15, 0.2) is 0 Å². The highest BCUT2D eigenvalue weighted by Crippen LogP contribution is 2.27. The summed E-state index contributed by atoms with van der Waals surface area (Å²) in [6.45, 7) is 1.04. The van der Waals surface area contributed by atoms with E-state index in [1.165, 1.54) is 38.5 Å². The summed E-state index contributed by atoms with van der Waals surface area (Å²) in [4.78, 5) is 0. The average molecular weight is 248 g/mol. The van der Waals surface area contributed by atoms with Crippen LogP contribution in [0, 0.1) is 5.92 Å². The number of benzene rings is 1. The van der Waals surface area contributed by atoms with Crippen LogP contribution in [0.2, 0.25) is 0 Å². The van der Waals surface area contributed by atoms with Crippen molar-refractivity contribution in [2.45, 2.75) is 38.5 Å². The topological polar surface area (TPSA) is 47.3 Å². The first-order chi connectivity index (χ1) is 8.79. The Morgan fingerprint density at radius 3 is 2.78 bits per heavy atom. The van der Waals surface area contributed by atoms with Crippen molar-refractivity contribution in [2.24, 2.45) is 5.92 Å². The highest BCUT2D eigenvalue weighted by atomic mass is 16.5. The van der Waals surface area contributed by atoms with Crippen molar-refractivity contribution < 1.29 is 4.74 Å². The van der Waals surface area contributed by atoms with Gasteiger partial charge in [0.1, 0.15) is 5.75 Å². The van der Waals surface area contributed by atoms with E-state index >= 15 is 0 Å². The van der Waals surface area contributed by atoms with E-state index in [-0.39, 0.29) is 0 Å². The number of hydrogen-bond acceptors (Lipinski definition) is 3. The molecule has 0 saturated heterocycles. The SMILES string of the molecule is COc1cc(NCCC2CCCCC2)ccc1N. The Labute approximate surface area is 110 Å².